The molecule has 0 fully saturated rings. The topological polar surface area (TPSA) is 70.7 Å². The van der Waals surface area contributed by atoms with Crippen LogP contribution in [0.5, 0.6) is 0 Å². The van der Waals surface area contributed by atoms with E-state index in [4.69, 9.17) is 14.6 Å². The summed E-state index contributed by atoms with van der Waals surface area (Å²) >= 11 is 0. The summed E-state index contributed by atoms with van der Waals surface area (Å²) in [5, 5.41) is 17.3. The van der Waals surface area contributed by atoms with Crippen LogP contribution < -0.4 is 0 Å². The van der Waals surface area contributed by atoms with E-state index in [0.29, 0.717) is 5.76 Å². The molecule has 0 aliphatic carbocycles. The number of aliphatic carboxylic acids is 1. The van der Waals surface area contributed by atoms with Crippen molar-refractivity contribution in [2.75, 3.05) is 6.61 Å². The van der Waals surface area contributed by atoms with Crippen molar-refractivity contribution in [2.24, 2.45) is 0 Å². The van der Waals surface area contributed by atoms with Gasteiger partial charge in [-0.2, -0.15) is 0 Å². The molecule has 66 valence electrons. The van der Waals surface area contributed by atoms with Crippen LogP contribution in [-0.2, 0) is 4.79 Å². The second-order valence-electron chi connectivity index (χ2n) is 2.42. The predicted octanol–water partition coefficient (Wildman–Crippen LogP) is 0.830. The second kappa shape index (κ2) is 3.92. The lowest BCUT2D eigenvalue weighted by Gasteiger charge is -2.06. The Balaban J connectivity index is 2.73. The molecule has 1 rings (SSSR count). The van der Waals surface area contributed by atoms with E-state index in [1.807, 2.05) is 0 Å². The minimum absolute atomic E-state index is 0.155. The highest BCUT2D eigenvalue weighted by molar-refractivity contribution is 5.75. The number of aliphatic hydroxyl groups excluding tert-OH is 1. The van der Waals surface area contributed by atoms with E-state index in [9.17, 15) is 4.79 Å². The van der Waals surface area contributed by atoms with Gasteiger partial charge >= 0.3 is 5.97 Å². The third-order valence-electron chi connectivity index (χ3n) is 1.60. The van der Waals surface area contributed by atoms with Crippen LogP contribution in [0.2, 0.25) is 0 Å². The number of aliphatic hydroxyl groups is 1. The van der Waals surface area contributed by atoms with Gasteiger partial charge in [0.25, 0.3) is 0 Å². The van der Waals surface area contributed by atoms with Crippen molar-refractivity contribution in [1.82, 2.24) is 0 Å². The summed E-state index contributed by atoms with van der Waals surface area (Å²) in [4.78, 5) is 10.6. The number of carboxylic acids is 1. The van der Waals surface area contributed by atoms with Crippen LogP contribution in [0.25, 0.3) is 0 Å². The molecule has 4 heteroatoms. The summed E-state index contributed by atoms with van der Waals surface area (Å²) in [5.41, 5.74) is 0. The Labute approximate surface area is 69.4 Å². The molecular weight excluding hydrogens is 160 g/mol. The van der Waals surface area contributed by atoms with Gasteiger partial charge < -0.3 is 14.6 Å². The largest absolute Gasteiger partial charge is 0.481 e. The number of hydrogen-bond acceptors (Lipinski definition) is 3. The summed E-state index contributed by atoms with van der Waals surface area (Å²) in [6, 6.07) is 3.22. The number of carbonyl (C=O) groups is 1. The van der Waals surface area contributed by atoms with Crippen molar-refractivity contribution in [1.29, 1.82) is 0 Å². The van der Waals surface area contributed by atoms with Crippen molar-refractivity contribution in [3.8, 4) is 0 Å². The quantitative estimate of drug-likeness (QED) is 0.702. The summed E-state index contributed by atoms with van der Waals surface area (Å²) in [7, 11) is 0. The van der Waals surface area contributed by atoms with Gasteiger partial charge in [-0.1, -0.05) is 0 Å². The SMILES string of the molecule is O=C(O)C(CCO)c1ccco1. The Bertz CT molecular complexity index is 240. The van der Waals surface area contributed by atoms with E-state index in [2.05, 4.69) is 0 Å². The van der Waals surface area contributed by atoms with Crippen LogP contribution in [0.15, 0.2) is 22.8 Å². The van der Waals surface area contributed by atoms with E-state index in [1.165, 1.54) is 6.26 Å². The predicted molar refractivity (Wildman–Crippen MR) is 40.8 cm³/mol. The average molecular weight is 170 g/mol. The zero-order valence-electron chi connectivity index (χ0n) is 6.43. The number of furan rings is 1. The lowest BCUT2D eigenvalue weighted by molar-refractivity contribution is -0.139. The van der Waals surface area contributed by atoms with Crippen LogP contribution >= 0.6 is 0 Å². The standard InChI is InChI=1S/C8H10O4/c9-4-3-6(8(10)11)7-2-1-5-12-7/h1-2,5-6,9H,3-4H2,(H,10,11). The minimum Gasteiger partial charge on any atom is -0.481 e. The smallest absolute Gasteiger partial charge is 0.314 e. The van der Waals surface area contributed by atoms with Crippen molar-refractivity contribution in [3.05, 3.63) is 24.2 Å². The molecule has 0 bridgehead atoms. The van der Waals surface area contributed by atoms with E-state index >= 15 is 0 Å². The van der Waals surface area contributed by atoms with Crippen LogP contribution in [0.3, 0.4) is 0 Å². The maximum absolute atomic E-state index is 10.6. The van der Waals surface area contributed by atoms with Gasteiger partial charge in [0.05, 0.1) is 6.26 Å². The highest BCUT2D eigenvalue weighted by Crippen LogP contribution is 2.19. The van der Waals surface area contributed by atoms with Gasteiger partial charge in [0, 0.05) is 6.61 Å². The average Bonchev–Trinajstić information content (AvgIpc) is 2.51. The molecule has 1 aromatic heterocycles. The van der Waals surface area contributed by atoms with Gasteiger partial charge in [-0.25, -0.2) is 0 Å². The maximum atomic E-state index is 10.6. The molecule has 1 atom stereocenters. The number of rotatable bonds is 4. The highest BCUT2D eigenvalue weighted by atomic mass is 16.4. The monoisotopic (exact) mass is 170 g/mol. The van der Waals surface area contributed by atoms with Crippen LogP contribution in [0.4, 0.5) is 0 Å². The minimum atomic E-state index is -0.973. The van der Waals surface area contributed by atoms with E-state index in [-0.39, 0.29) is 13.0 Å². The summed E-state index contributed by atoms with van der Waals surface area (Å²) < 4.78 is 4.92. The molecule has 1 aromatic rings. The molecule has 1 heterocycles. The van der Waals surface area contributed by atoms with Crippen molar-refractivity contribution >= 4 is 5.97 Å². The van der Waals surface area contributed by atoms with Gasteiger partial charge in [0.2, 0.25) is 0 Å². The van der Waals surface area contributed by atoms with Gasteiger partial charge in [0.1, 0.15) is 11.7 Å². The molecule has 0 saturated heterocycles. The molecule has 4 nitrogen and oxygen atoms in total. The molecule has 0 amide bonds. The molecular formula is C8H10O4. The molecule has 1 unspecified atom stereocenters. The van der Waals surface area contributed by atoms with E-state index in [0.717, 1.165) is 0 Å². The van der Waals surface area contributed by atoms with Crippen molar-refractivity contribution in [2.45, 2.75) is 12.3 Å². The lowest BCUT2D eigenvalue weighted by atomic mass is 10.0. The van der Waals surface area contributed by atoms with Gasteiger partial charge in [-0.15, -0.1) is 0 Å². The van der Waals surface area contributed by atoms with E-state index in [1.54, 1.807) is 12.1 Å². The Morgan fingerprint density at radius 1 is 1.67 bits per heavy atom. The molecule has 0 radical (unpaired) electrons. The Morgan fingerprint density at radius 3 is 2.83 bits per heavy atom. The first-order valence-corrected chi connectivity index (χ1v) is 3.62. The van der Waals surface area contributed by atoms with Crippen LogP contribution in [0, 0.1) is 0 Å². The Kier molecular flexibility index (Phi) is 2.88. The molecule has 0 aromatic carbocycles. The molecule has 0 saturated carbocycles. The Hall–Kier alpha value is -1.29. The van der Waals surface area contributed by atoms with Crippen molar-refractivity contribution < 1.29 is 19.4 Å². The normalized spacial score (nSPS) is 12.8. The molecule has 0 aliphatic rings. The number of carboxylic acid groups (broad SMARTS) is 1. The first kappa shape index (κ1) is 8.80. The second-order valence-corrected chi connectivity index (χ2v) is 2.42. The molecule has 0 spiro atoms. The van der Waals surface area contributed by atoms with Crippen LogP contribution in [-0.4, -0.2) is 22.8 Å². The first-order valence-electron chi connectivity index (χ1n) is 3.62. The summed E-state index contributed by atoms with van der Waals surface area (Å²) in [5.74, 6) is -1.32. The fourth-order valence-electron chi connectivity index (χ4n) is 1.01. The third-order valence-corrected chi connectivity index (χ3v) is 1.60. The lowest BCUT2D eigenvalue weighted by Crippen LogP contribution is -2.12. The zero-order valence-corrected chi connectivity index (χ0v) is 6.43. The van der Waals surface area contributed by atoms with Gasteiger partial charge in [0.15, 0.2) is 0 Å². The fourth-order valence-corrected chi connectivity index (χ4v) is 1.01. The number of hydrogen-bond donors (Lipinski definition) is 2. The highest BCUT2D eigenvalue weighted by Gasteiger charge is 2.21. The Morgan fingerprint density at radius 2 is 2.42 bits per heavy atom. The maximum Gasteiger partial charge on any atom is 0.314 e. The third kappa shape index (κ3) is 1.85. The molecule has 0 aliphatic heterocycles. The molecule has 2 N–H and O–H groups in total. The zero-order chi connectivity index (χ0) is 8.97. The van der Waals surface area contributed by atoms with Crippen LogP contribution in [0.1, 0.15) is 18.1 Å². The van der Waals surface area contributed by atoms with Gasteiger partial charge in [-0.05, 0) is 18.6 Å². The molecule has 12 heavy (non-hydrogen) atoms. The fraction of sp³-hybridized carbons (Fsp3) is 0.375. The van der Waals surface area contributed by atoms with Gasteiger partial charge in [-0.3, -0.25) is 4.79 Å². The first-order chi connectivity index (χ1) is 5.75. The van der Waals surface area contributed by atoms with Crippen molar-refractivity contribution in [3.63, 3.8) is 0 Å². The summed E-state index contributed by atoms with van der Waals surface area (Å²) in [6.45, 7) is -0.155. The van der Waals surface area contributed by atoms with E-state index < -0.39 is 11.9 Å². The summed E-state index contributed by atoms with van der Waals surface area (Å²) in [6.07, 6.45) is 1.60.